The standard InChI is InChI=1S/C23H29F3N4/c1-14(2)17(12-15(3)23(24,25)26)19-13-20-18(8-7-11-30(20)29-19)28-21-16(4)22(5,6)9-10-27-21/h9-10,12-14,18H,3-4,7-8,11H2,1-2,5-6H3,(H,27,28)/b17-12+. The first-order valence-electron chi connectivity index (χ1n) is 10.2. The van der Waals surface area contributed by atoms with Gasteiger partial charge in [0.2, 0.25) is 0 Å². The van der Waals surface area contributed by atoms with E-state index in [1.165, 1.54) is 0 Å². The maximum Gasteiger partial charge on any atom is 0.415 e. The zero-order chi connectivity index (χ0) is 22.3. The molecule has 1 unspecified atom stereocenters. The van der Waals surface area contributed by atoms with Crippen molar-refractivity contribution in [1.29, 1.82) is 0 Å². The number of aliphatic imine (C=N–C) groups is 1. The Morgan fingerprint density at radius 3 is 2.73 bits per heavy atom. The van der Waals surface area contributed by atoms with Crippen LogP contribution in [0.5, 0.6) is 0 Å². The number of alkyl halides is 3. The number of allylic oxidation sites excluding steroid dienone is 4. The summed E-state index contributed by atoms with van der Waals surface area (Å²) in [4.78, 5) is 4.91. The third-order valence-corrected chi connectivity index (χ3v) is 5.68. The number of aryl methyl sites for hydroxylation is 1. The summed E-state index contributed by atoms with van der Waals surface area (Å²) >= 11 is 0. The van der Waals surface area contributed by atoms with E-state index in [1.54, 1.807) is 0 Å². The van der Waals surface area contributed by atoms with Gasteiger partial charge < -0.3 is 5.32 Å². The molecular formula is C23H29F3N4. The van der Waals surface area contributed by atoms with Crippen molar-refractivity contribution in [2.24, 2.45) is 16.3 Å². The smallest absolute Gasteiger partial charge is 0.347 e. The molecule has 0 amide bonds. The van der Waals surface area contributed by atoms with E-state index in [4.69, 9.17) is 4.99 Å². The number of hydrogen-bond donors (Lipinski definition) is 1. The van der Waals surface area contributed by atoms with Gasteiger partial charge in [-0.3, -0.25) is 9.67 Å². The minimum atomic E-state index is -4.46. The van der Waals surface area contributed by atoms with Crippen LogP contribution < -0.4 is 5.32 Å². The predicted octanol–water partition coefficient (Wildman–Crippen LogP) is 5.97. The van der Waals surface area contributed by atoms with Crippen LogP contribution in [0.1, 0.15) is 58.0 Å². The average Bonchev–Trinajstić information content (AvgIpc) is 3.07. The molecule has 2 aliphatic rings. The molecular weight excluding hydrogens is 389 g/mol. The third-order valence-electron chi connectivity index (χ3n) is 5.68. The van der Waals surface area contributed by atoms with Gasteiger partial charge in [0.05, 0.1) is 17.4 Å². The Morgan fingerprint density at radius 1 is 1.40 bits per heavy atom. The normalized spacial score (nSPS) is 22.9. The highest BCUT2D eigenvalue weighted by atomic mass is 19.4. The molecule has 0 saturated carbocycles. The van der Waals surface area contributed by atoms with E-state index >= 15 is 0 Å². The van der Waals surface area contributed by atoms with E-state index in [-0.39, 0.29) is 17.4 Å². The molecule has 0 bridgehead atoms. The first-order chi connectivity index (χ1) is 13.9. The lowest BCUT2D eigenvalue weighted by molar-refractivity contribution is -0.0877. The fraction of sp³-hybridized carbons (Fsp3) is 0.478. The van der Waals surface area contributed by atoms with Crippen LogP contribution in [0.25, 0.3) is 5.57 Å². The second kappa shape index (κ2) is 7.93. The Morgan fingerprint density at radius 2 is 2.10 bits per heavy atom. The van der Waals surface area contributed by atoms with Crippen molar-refractivity contribution < 1.29 is 13.2 Å². The number of halogens is 3. The van der Waals surface area contributed by atoms with Gasteiger partial charge in [0, 0.05) is 17.5 Å². The lowest BCUT2D eigenvalue weighted by Gasteiger charge is -2.30. The highest BCUT2D eigenvalue weighted by Crippen LogP contribution is 2.36. The predicted molar refractivity (Wildman–Crippen MR) is 115 cm³/mol. The van der Waals surface area contributed by atoms with Crippen LogP contribution in [0.2, 0.25) is 0 Å². The van der Waals surface area contributed by atoms with Gasteiger partial charge in [-0.15, -0.1) is 0 Å². The first kappa shape index (κ1) is 22.1. The number of aromatic nitrogens is 2. The summed E-state index contributed by atoms with van der Waals surface area (Å²) in [5.74, 6) is 0.616. The molecule has 7 heteroatoms. The summed E-state index contributed by atoms with van der Waals surface area (Å²) in [6.07, 6.45) is 2.33. The lowest BCUT2D eigenvalue weighted by atomic mass is 9.82. The molecule has 4 nitrogen and oxygen atoms in total. The topological polar surface area (TPSA) is 42.2 Å². The quantitative estimate of drug-likeness (QED) is 0.612. The number of rotatable bonds is 4. The van der Waals surface area contributed by atoms with Gasteiger partial charge in [-0.1, -0.05) is 46.9 Å². The van der Waals surface area contributed by atoms with E-state index in [0.29, 0.717) is 11.3 Å². The van der Waals surface area contributed by atoms with Crippen LogP contribution in [0.4, 0.5) is 13.2 Å². The Bertz CT molecular complexity index is 942. The molecule has 1 atom stereocenters. The van der Waals surface area contributed by atoms with Gasteiger partial charge >= 0.3 is 6.18 Å². The Balaban J connectivity index is 1.97. The molecule has 162 valence electrons. The maximum atomic E-state index is 13.0. The van der Waals surface area contributed by atoms with Crippen LogP contribution >= 0.6 is 0 Å². The van der Waals surface area contributed by atoms with Gasteiger partial charge in [-0.2, -0.15) is 18.3 Å². The zero-order valence-electron chi connectivity index (χ0n) is 18.0. The molecule has 3 heterocycles. The van der Waals surface area contributed by atoms with Gasteiger partial charge in [0.1, 0.15) is 5.84 Å². The zero-order valence-corrected chi connectivity index (χ0v) is 18.0. The number of nitrogens with one attached hydrogen (secondary N) is 1. The van der Waals surface area contributed by atoms with Crippen LogP contribution in [0.15, 0.2) is 53.7 Å². The Hall–Kier alpha value is -2.57. The summed E-state index contributed by atoms with van der Waals surface area (Å²) in [6.45, 7) is 16.0. The molecule has 2 aliphatic heterocycles. The van der Waals surface area contributed by atoms with Crippen LogP contribution in [-0.4, -0.2) is 21.8 Å². The van der Waals surface area contributed by atoms with Crippen molar-refractivity contribution in [1.82, 2.24) is 15.1 Å². The maximum absolute atomic E-state index is 13.0. The first-order valence-corrected chi connectivity index (χ1v) is 10.2. The summed E-state index contributed by atoms with van der Waals surface area (Å²) in [5.41, 5.74) is 1.84. The number of hydrogen-bond acceptors (Lipinski definition) is 2. The van der Waals surface area contributed by atoms with E-state index in [9.17, 15) is 13.2 Å². The van der Waals surface area contributed by atoms with Gasteiger partial charge in [0.15, 0.2) is 0 Å². The summed E-state index contributed by atoms with van der Waals surface area (Å²) in [6, 6.07) is 1.75. The molecule has 1 N–H and O–H groups in total. The Labute approximate surface area is 176 Å². The SMILES string of the molecule is C=C(/C=C(/c1cc2n(n1)CCCC2N=C1NC=CC(C)(C)C1=C)C(C)C)C(F)(F)F. The highest BCUT2D eigenvalue weighted by Gasteiger charge is 2.32. The fourth-order valence-corrected chi connectivity index (χ4v) is 3.63. The number of fused-ring (bicyclic) bond motifs is 1. The van der Waals surface area contributed by atoms with Crippen molar-refractivity contribution in [3.05, 3.63) is 60.1 Å². The van der Waals surface area contributed by atoms with Crippen molar-refractivity contribution in [3.8, 4) is 0 Å². The van der Waals surface area contributed by atoms with E-state index in [0.717, 1.165) is 42.6 Å². The molecule has 1 aromatic rings. The van der Waals surface area contributed by atoms with Gasteiger partial charge in [-0.05, 0) is 48.2 Å². The fourth-order valence-electron chi connectivity index (χ4n) is 3.63. The second-order valence-corrected chi connectivity index (χ2v) is 8.77. The van der Waals surface area contributed by atoms with Crippen molar-refractivity contribution >= 4 is 11.4 Å². The highest BCUT2D eigenvalue weighted by molar-refractivity contribution is 6.01. The molecule has 30 heavy (non-hydrogen) atoms. The average molecular weight is 419 g/mol. The largest absolute Gasteiger partial charge is 0.415 e. The Kier molecular flexibility index (Phi) is 5.85. The second-order valence-electron chi connectivity index (χ2n) is 8.77. The monoisotopic (exact) mass is 418 g/mol. The minimum absolute atomic E-state index is 0.124. The van der Waals surface area contributed by atoms with Crippen molar-refractivity contribution in [3.63, 3.8) is 0 Å². The van der Waals surface area contributed by atoms with Crippen LogP contribution in [-0.2, 0) is 6.54 Å². The van der Waals surface area contributed by atoms with Crippen molar-refractivity contribution in [2.75, 3.05) is 0 Å². The molecule has 3 rings (SSSR count). The summed E-state index contributed by atoms with van der Waals surface area (Å²) in [5, 5.41) is 7.80. The van der Waals surface area contributed by atoms with E-state index < -0.39 is 11.7 Å². The molecule has 0 spiro atoms. The molecule has 0 fully saturated rings. The van der Waals surface area contributed by atoms with Crippen LogP contribution in [0.3, 0.4) is 0 Å². The molecule has 1 aromatic heterocycles. The summed E-state index contributed by atoms with van der Waals surface area (Å²) < 4.78 is 41.0. The lowest BCUT2D eigenvalue weighted by Crippen LogP contribution is -2.33. The van der Waals surface area contributed by atoms with E-state index in [1.807, 2.05) is 36.9 Å². The third kappa shape index (κ3) is 4.45. The number of nitrogens with zero attached hydrogens (tertiary/aromatic N) is 3. The molecule has 0 radical (unpaired) electrons. The van der Waals surface area contributed by atoms with E-state index in [2.05, 4.69) is 37.4 Å². The molecule has 0 aromatic carbocycles. The van der Waals surface area contributed by atoms with Gasteiger partial charge in [0.25, 0.3) is 0 Å². The van der Waals surface area contributed by atoms with Crippen LogP contribution in [0, 0.1) is 11.3 Å². The molecule has 0 saturated heterocycles. The minimum Gasteiger partial charge on any atom is -0.347 e. The summed E-state index contributed by atoms with van der Waals surface area (Å²) in [7, 11) is 0. The molecule has 0 aliphatic carbocycles. The number of amidine groups is 1. The van der Waals surface area contributed by atoms with Crippen molar-refractivity contribution in [2.45, 2.75) is 59.3 Å². The van der Waals surface area contributed by atoms with Gasteiger partial charge in [-0.25, -0.2) is 0 Å².